The third kappa shape index (κ3) is 5.10. The summed E-state index contributed by atoms with van der Waals surface area (Å²) in [6.45, 7) is 4.78. The first-order valence-corrected chi connectivity index (χ1v) is 13.2. The number of benzene rings is 2. The van der Waals surface area contributed by atoms with E-state index >= 15 is 0 Å². The quantitative estimate of drug-likeness (QED) is 0.647. The Bertz CT molecular complexity index is 1160. The second-order valence-electron chi connectivity index (χ2n) is 8.74. The number of piperidine rings is 1. The van der Waals surface area contributed by atoms with E-state index < -0.39 is 10.0 Å². The number of carbonyl (C=O) groups excluding carboxylic acids is 2. The molecule has 0 aliphatic carbocycles. The van der Waals surface area contributed by atoms with Gasteiger partial charge in [0.25, 0.3) is 0 Å². The van der Waals surface area contributed by atoms with Crippen LogP contribution in [0.2, 0.25) is 0 Å². The number of rotatable bonds is 7. The monoisotopic (exact) mass is 485 g/mol. The summed E-state index contributed by atoms with van der Waals surface area (Å²) in [6, 6.07) is 11.9. The zero-order valence-electron chi connectivity index (χ0n) is 19.6. The van der Waals surface area contributed by atoms with E-state index in [1.54, 1.807) is 46.8 Å². The number of anilines is 2. The molecule has 0 bridgehead atoms. The summed E-state index contributed by atoms with van der Waals surface area (Å²) >= 11 is 0. The fraction of sp³-hybridized carbons (Fsp3) is 0.440. The molecule has 2 aliphatic rings. The zero-order chi connectivity index (χ0) is 24.3. The summed E-state index contributed by atoms with van der Waals surface area (Å²) in [5, 5.41) is 2.80. The van der Waals surface area contributed by atoms with Crippen LogP contribution in [0.1, 0.15) is 45.1 Å². The number of hydrogen-bond acceptors (Lipinski definition) is 5. The van der Waals surface area contributed by atoms with Crippen molar-refractivity contribution >= 4 is 33.2 Å². The predicted molar refractivity (Wildman–Crippen MR) is 131 cm³/mol. The molecule has 2 heterocycles. The molecule has 4 rings (SSSR count). The normalized spacial score (nSPS) is 18.9. The first kappa shape index (κ1) is 24.2. The summed E-state index contributed by atoms with van der Waals surface area (Å²) < 4.78 is 33.5. The summed E-state index contributed by atoms with van der Waals surface area (Å²) in [6.07, 6.45) is 3.43. The minimum atomic E-state index is -3.61. The lowest BCUT2D eigenvalue weighted by Crippen LogP contribution is -2.42. The van der Waals surface area contributed by atoms with Crippen molar-refractivity contribution in [2.45, 2.75) is 56.9 Å². The summed E-state index contributed by atoms with van der Waals surface area (Å²) in [7, 11) is -3.61. The lowest BCUT2D eigenvalue weighted by molar-refractivity contribution is -0.121. The molecular formula is C25H31N3O5S. The predicted octanol–water partition coefficient (Wildman–Crippen LogP) is 3.57. The number of carbonyl (C=O) groups is 2. The minimum absolute atomic E-state index is 0.0286. The van der Waals surface area contributed by atoms with Crippen molar-refractivity contribution < 1.29 is 22.7 Å². The van der Waals surface area contributed by atoms with Gasteiger partial charge in [0.2, 0.25) is 21.8 Å². The molecule has 2 aliphatic heterocycles. The molecule has 0 aromatic heterocycles. The third-order valence-electron chi connectivity index (χ3n) is 6.35. The van der Waals surface area contributed by atoms with Crippen LogP contribution < -0.4 is 15.0 Å². The van der Waals surface area contributed by atoms with Crippen molar-refractivity contribution in [1.29, 1.82) is 0 Å². The highest BCUT2D eigenvalue weighted by atomic mass is 32.2. The number of hydrogen-bond donors (Lipinski definition) is 1. The van der Waals surface area contributed by atoms with Gasteiger partial charge in [-0.3, -0.25) is 9.59 Å². The molecule has 8 nitrogen and oxygen atoms in total. The molecule has 1 N–H and O–H groups in total. The van der Waals surface area contributed by atoms with Crippen LogP contribution in [0.3, 0.4) is 0 Å². The van der Waals surface area contributed by atoms with Gasteiger partial charge in [-0.2, -0.15) is 4.31 Å². The molecule has 1 saturated heterocycles. The first-order chi connectivity index (χ1) is 16.3. The molecule has 0 radical (unpaired) electrons. The van der Waals surface area contributed by atoms with Crippen LogP contribution in [-0.2, 0) is 26.0 Å². The molecule has 0 saturated carbocycles. The molecule has 34 heavy (non-hydrogen) atoms. The maximum absolute atomic E-state index is 13.2. The van der Waals surface area contributed by atoms with E-state index in [2.05, 4.69) is 5.32 Å². The number of fused-ring (bicyclic) bond motifs is 1. The van der Waals surface area contributed by atoms with Crippen molar-refractivity contribution in [2.75, 3.05) is 29.9 Å². The van der Waals surface area contributed by atoms with E-state index in [-0.39, 0.29) is 35.7 Å². The van der Waals surface area contributed by atoms with Crippen molar-refractivity contribution in [3.63, 3.8) is 0 Å². The molecule has 2 amide bonds. The van der Waals surface area contributed by atoms with E-state index in [1.807, 2.05) is 13.8 Å². The Hall–Kier alpha value is -2.91. The first-order valence-electron chi connectivity index (χ1n) is 11.8. The van der Waals surface area contributed by atoms with E-state index in [9.17, 15) is 18.0 Å². The Balaban J connectivity index is 1.50. The second-order valence-corrected chi connectivity index (χ2v) is 10.6. The van der Waals surface area contributed by atoms with E-state index in [0.717, 1.165) is 24.8 Å². The summed E-state index contributed by atoms with van der Waals surface area (Å²) in [5.74, 6) is 0.226. The van der Waals surface area contributed by atoms with Gasteiger partial charge < -0.3 is 15.0 Å². The molecule has 2 aromatic rings. The van der Waals surface area contributed by atoms with Gasteiger partial charge in [-0.1, -0.05) is 6.42 Å². The Morgan fingerprint density at radius 2 is 1.88 bits per heavy atom. The molecule has 2 aromatic carbocycles. The van der Waals surface area contributed by atoms with Gasteiger partial charge in [0.15, 0.2) is 0 Å². The van der Waals surface area contributed by atoms with E-state index in [4.69, 9.17) is 4.74 Å². The maximum Gasteiger partial charge on any atom is 0.244 e. The molecule has 1 atom stereocenters. The topological polar surface area (TPSA) is 96.0 Å². The lowest BCUT2D eigenvalue weighted by atomic mass is 10.0. The van der Waals surface area contributed by atoms with Crippen molar-refractivity contribution in [2.24, 2.45) is 0 Å². The summed E-state index contributed by atoms with van der Waals surface area (Å²) in [4.78, 5) is 27.0. The van der Waals surface area contributed by atoms with Crippen LogP contribution in [0, 0.1) is 0 Å². The average molecular weight is 486 g/mol. The van der Waals surface area contributed by atoms with Crippen LogP contribution in [0.4, 0.5) is 11.4 Å². The SMILES string of the molecule is CCOc1ccc(NC(=O)CN2C(=O)CCc3cc(S(=O)(=O)N4CCCCC4C)ccc32)cc1. The molecule has 1 fully saturated rings. The van der Waals surface area contributed by atoms with Gasteiger partial charge in [0.05, 0.1) is 11.5 Å². The molecule has 1 unspecified atom stereocenters. The Kier molecular flexibility index (Phi) is 7.23. The van der Waals surface area contributed by atoms with Crippen molar-refractivity contribution in [3.05, 3.63) is 48.0 Å². The average Bonchev–Trinajstić information content (AvgIpc) is 2.82. The maximum atomic E-state index is 13.2. The fourth-order valence-corrected chi connectivity index (χ4v) is 6.33. The van der Waals surface area contributed by atoms with Crippen molar-refractivity contribution in [3.8, 4) is 5.75 Å². The number of ether oxygens (including phenoxy) is 1. The van der Waals surface area contributed by atoms with Gasteiger partial charge in [-0.25, -0.2) is 8.42 Å². The standard InChI is InChI=1S/C25H31N3O5S/c1-3-33-21-10-8-20(9-11-21)26-24(29)17-27-23-13-12-22(16-19(23)7-14-25(27)30)34(31,32)28-15-5-4-6-18(28)2/h8-13,16,18H,3-7,14-15,17H2,1-2H3,(H,26,29). The number of aryl methyl sites for hydroxylation is 1. The molecule has 0 spiro atoms. The van der Waals surface area contributed by atoms with Gasteiger partial charge in [-0.05, 0) is 81.1 Å². The number of sulfonamides is 1. The highest BCUT2D eigenvalue weighted by molar-refractivity contribution is 7.89. The molecule has 182 valence electrons. The fourth-order valence-electron chi connectivity index (χ4n) is 4.58. The third-order valence-corrected chi connectivity index (χ3v) is 8.36. The minimum Gasteiger partial charge on any atom is -0.494 e. The molecule has 9 heteroatoms. The largest absolute Gasteiger partial charge is 0.494 e. The smallest absolute Gasteiger partial charge is 0.244 e. The zero-order valence-corrected chi connectivity index (χ0v) is 20.4. The Morgan fingerprint density at radius 1 is 1.12 bits per heavy atom. The Morgan fingerprint density at radius 3 is 2.59 bits per heavy atom. The number of nitrogens with one attached hydrogen (secondary N) is 1. The van der Waals surface area contributed by atoms with E-state index in [0.29, 0.717) is 36.7 Å². The van der Waals surface area contributed by atoms with Crippen molar-refractivity contribution in [1.82, 2.24) is 4.31 Å². The molecular weight excluding hydrogens is 454 g/mol. The highest BCUT2D eigenvalue weighted by Gasteiger charge is 2.33. The lowest BCUT2D eigenvalue weighted by Gasteiger charge is -2.33. The number of amides is 2. The van der Waals surface area contributed by atoms with Gasteiger partial charge in [0.1, 0.15) is 12.3 Å². The van der Waals surface area contributed by atoms with Crippen LogP contribution >= 0.6 is 0 Å². The van der Waals surface area contributed by atoms with E-state index in [1.165, 1.54) is 4.90 Å². The summed E-state index contributed by atoms with van der Waals surface area (Å²) in [5.41, 5.74) is 1.96. The van der Waals surface area contributed by atoms with Crippen LogP contribution in [0.15, 0.2) is 47.4 Å². The highest BCUT2D eigenvalue weighted by Crippen LogP contribution is 2.32. The van der Waals surface area contributed by atoms with Gasteiger partial charge >= 0.3 is 0 Å². The Labute approximate surface area is 200 Å². The van der Waals surface area contributed by atoms with Crippen LogP contribution in [0.5, 0.6) is 5.75 Å². The van der Waals surface area contributed by atoms with Gasteiger partial charge in [0, 0.05) is 30.4 Å². The van der Waals surface area contributed by atoms with Gasteiger partial charge in [-0.15, -0.1) is 0 Å². The second kappa shape index (κ2) is 10.1. The number of nitrogens with zero attached hydrogens (tertiary/aromatic N) is 2. The van der Waals surface area contributed by atoms with Crippen LogP contribution in [0.25, 0.3) is 0 Å². The van der Waals surface area contributed by atoms with Crippen LogP contribution in [-0.4, -0.2) is 50.3 Å².